The number of rotatable bonds is 7. The highest BCUT2D eigenvalue weighted by atomic mass is 16.5. The molecule has 0 saturated carbocycles. The summed E-state index contributed by atoms with van der Waals surface area (Å²) in [4.78, 5) is 32.6. The number of nitrogens with one attached hydrogen (secondary N) is 1. The van der Waals surface area contributed by atoms with E-state index in [-0.39, 0.29) is 30.7 Å². The molecule has 8 heteroatoms. The first-order valence-electron chi connectivity index (χ1n) is 9.95. The Kier molecular flexibility index (Phi) is 6.27. The Morgan fingerprint density at radius 1 is 0.935 bits per heavy atom. The van der Waals surface area contributed by atoms with Crippen LogP contribution in [-0.2, 0) is 9.59 Å². The van der Waals surface area contributed by atoms with Crippen molar-refractivity contribution in [2.45, 2.75) is 19.3 Å². The van der Waals surface area contributed by atoms with Crippen LogP contribution in [0.1, 0.15) is 24.8 Å². The molecule has 0 spiro atoms. The Labute approximate surface area is 179 Å². The zero-order chi connectivity index (χ0) is 21.5. The number of aromatic nitrogens is 2. The molecule has 0 unspecified atom stereocenters. The summed E-state index contributed by atoms with van der Waals surface area (Å²) in [6.07, 6.45) is 4.08. The van der Waals surface area contributed by atoms with Gasteiger partial charge in [-0.3, -0.25) is 9.59 Å². The monoisotopic (exact) mass is 415 g/mol. The van der Waals surface area contributed by atoms with Crippen molar-refractivity contribution in [2.75, 3.05) is 11.9 Å². The zero-order valence-corrected chi connectivity index (χ0v) is 16.8. The molecule has 1 aromatic heterocycles. The molecule has 1 aliphatic heterocycles. The van der Waals surface area contributed by atoms with Crippen LogP contribution in [0, 0.1) is 0 Å². The largest absolute Gasteiger partial charge is 0.424 e. The topological polar surface area (TPSA) is 96.8 Å². The number of hydrogen-bond donors (Lipinski definition) is 1. The molecule has 2 amide bonds. The van der Waals surface area contributed by atoms with Crippen LogP contribution in [0.5, 0.6) is 11.8 Å². The van der Waals surface area contributed by atoms with Crippen molar-refractivity contribution in [3.63, 3.8) is 0 Å². The molecule has 2 heterocycles. The van der Waals surface area contributed by atoms with Gasteiger partial charge in [0.25, 0.3) is 0 Å². The van der Waals surface area contributed by atoms with Gasteiger partial charge in [0, 0.05) is 37.3 Å². The van der Waals surface area contributed by atoms with Crippen molar-refractivity contribution in [3.8, 4) is 11.8 Å². The van der Waals surface area contributed by atoms with Crippen LogP contribution in [0.4, 0.5) is 5.69 Å². The lowest BCUT2D eigenvalue weighted by molar-refractivity contribution is -0.132. The van der Waals surface area contributed by atoms with E-state index in [0.717, 1.165) is 11.3 Å². The lowest BCUT2D eigenvalue weighted by Gasteiger charge is -2.11. The molecule has 0 radical (unpaired) electrons. The summed E-state index contributed by atoms with van der Waals surface area (Å²) in [5.41, 5.74) is 2.52. The summed E-state index contributed by atoms with van der Waals surface area (Å²) in [6, 6.07) is 18.6. The molecule has 0 aliphatic carbocycles. The molecule has 2 aromatic carbocycles. The lowest BCUT2D eigenvalue weighted by Crippen LogP contribution is -2.24. The predicted molar refractivity (Wildman–Crippen MR) is 116 cm³/mol. The summed E-state index contributed by atoms with van der Waals surface area (Å²) in [5.74, 6) is 0.160. The van der Waals surface area contributed by atoms with Gasteiger partial charge < -0.3 is 10.1 Å². The summed E-state index contributed by atoms with van der Waals surface area (Å²) in [7, 11) is 0. The van der Waals surface area contributed by atoms with Crippen molar-refractivity contribution in [3.05, 3.63) is 78.6 Å². The molecule has 1 N–H and O–H groups in total. The van der Waals surface area contributed by atoms with Gasteiger partial charge in [-0.1, -0.05) is 30.3 Å². The minimum Gasteiger partial charge on any atom is -0.424 e. The van der Waals surface area contributed by atoms with E-state index < -0.39 is 0 Å². The minimum absolute atomic E-state index is 0.0850. The molecule has 0 saturated heterocycles. The summed E-state index contributed by atoms with van der Waals surface area (Å²) in [6.45, 7) is 0.539. The Morgan fingerprint density at radius 3 is 2.42 bits per heavy atom. The third-order valence-corrected chi connectivity index (χ3v) is 4.65. The lowest BCUT2D eigenvalue weighted by atomic mass is 10.1. The highest BCUT2D eigenvalue weighted by Gasteiger charge is 2.21. The highest BCUT2D eigenvalue weighted by molar-refractivity contribution is 6.02. The van der Waals surface area contributed by atoms with Crippen molar-refractivity contribution in [1.82, 2.24) is 15.0 Å². The number of amides is 2. The molecule has 31 heavy (non-hydrogen) atoms. The van der Waals surface area contributed by atoms with Gasteiger partial charge in [0.2, 0.25) is 11.8 Å². The van der Waals surface area contributed by atoms with Gasteiger partial charge >= 0.3 is 6.01 Å². The first kappa shape index (κ1) is 20.2. The van der Waals surface area contributed by atoms with Crippen LogP contribution in [0.15, 0.2) is 78.2 Å². The summed E-state index contributed by atoms with van der Waals surface area (Å²) < 4.78 is 5.52. The number of carbonyl (C=O) groups excluding carboxylic acids is 2. The van der Waals surface area contributed by atoms with Gasteiger partial charge in [0.15, 0.2) is 0 Å². The quantitative estimate of drug-likeness (QED) is 0.636. The number of carbonyl (C=O) groups is 2. The standard InChI is InChI=1S/C23H21N5O3/c29-21(26-18-7-9-19(10-8-18)31-23-24-14-4-15-25-23)11-12-22(30)28-16-13-20(27-28)17-5-2-1-3-6-17/h1-10,14-15H,11-13,16H2,(H,26,29). The number of ether oxygens (including phenoxy) is 1. The van der Waals surface area contributed by atoms with Crippen molar-refractivity contribution in [2.24, 2.45) is 5.10 Å². The molecule has 3 aromatic rings. The second kappa shape index (κ2) is 9.62. The zero-order valence-electron chi connectivity index (χ0n) is 16.8. The van der Waals surface area contributed by atoms with E-state index in [1.807, 2.05) is 30.3 Å². The Hall–Kier alpha value is -4.07. The average molecular weight is 415 g/mol. The smallest absolute Gasteiger partial charge is 0.321 e. The Bertz CT molecular complexity index is 1070. The molecule has 8 nitrogen and oxygen atoms in total. The van der Waals surface area contributed by atoms with E-state index >= 15 is 0 Å². The van der Waals surface area contributed by atoms with E-state index in [1.54, 1.807) is 42.7 Å². The highest BCUT2D eigenvalue weighted by Crippen LogP contribution is 2.20. The van der Waals surface area contributed by atoms with Gasteiger partial charge in [-0.25, -0.2) is 15.0 Å². The maximum Gasteiger partial charge on any atom is 0.321 e. The van der Waals surface area contributed by atoms with Gasteiger partial charge in [-0.05, 0) is 35.9 Å². The van der Waals surface area contributed by atoms with Gasteiger partial charge in [0.05, 0.1) is 12.3 Å². The first-order valence-corrected chi connectivity index (χ1v) is 9.95. The number of nitrogens with zero attached hydrogens (tertiary/aromatic N) is 4. The molecule has 4 rings (SSSR count). The second-order valence-corrected chi connectivity index (χ2v) is 6.89. The van der Waals surface area contributed by atoms with E-state index in [0.29, 0.717) is 24.4 Å². The van der Waals surface area contributed by atoms with Crippen LogP contribution < -0.4 is 10.1 Å². The van der Waals surface area contributed by atoms with E-state index in [9.17, 15) is 9.59 Å². The minimum atomic E-state index is -0.236. The van der Waals surface area contributed by atoms with Crippen LogP contribution in [0.25, 0.3) is 0 Å². The molecule has 0 bridgehead atoms. The molecule has 0 atom stereocenters. The fraction of sp³-hybridized carbons (Fsp3) is 0.174. The molecular formula is C23H21N5O3. The SMILES string of the molecule is O=C(CCC(=O)N1CCC(c2ccccc2)=N1)Nc1ccc(Oc2ncccn2)cc1. The fourth-order valence-corrected chi connectivity index (χ4v) is 3.09. The number of hydrogen-bond acceptors (Lipinski definition) is 6. The van der Waals surface area contributed by atoms with Crippen LogP contribution in [0.2, 0.25) is 0 Å². The predicted octanol–water partition coefficient (Wildman–Crippen LogP) is 3.62. The third kappa shape index (κ3) is 5.51. The van der Waals surface area contributed by atoms with E-state index in [4.69, 9.17) is 4.74 Å². The molecule has 156 valence electrons. The molecule has 1 aliphatic rings. The van der Waals surface area contributed by atoms with Crippen molar-refractivity contribution >= 4 is 23.2 Å². The van der Waals surface area contributed by atoms with Gasteiger partial charge in [-0.15, -0.1) is 0 Å². The van der Waals surface area contributed by atoms with Crippen molar-refractivity contribution in [1.29, 1.82) is 0 Å². The third-order valence-electron chi connectivity index (χ3n) is 4.65. The number of benzene rings is 2. The Balaban J connectivity index is 1.25. The summed E-state index contributed by atoms with van der Waals surface area (Å²) in [5, 5.41) is 8.64. The first-order chi connectivity index (χ1) is 15.2. The second-order valence-electron chi connectivity index (χ2n) is 6.89. The number of hydrazone groups is 1. The van der Waals surface area contributed by atoms with Crippen molar-refractivity contribution < 1.29 is 14.3 Å². The van der Waals surface area contributed by atoms with Crippen LogP contribution in [-0.4, -0.2) is 39.0 Å². The molecule has 0 fully saturated rings. The maximum absolute atomic E-state index is 12.4. The van der Waals surface area contributed by atoms with Gasteiger partial charge in [0.1, 0.15) is 5.75 Å². The number of anilines is 1. The van der Waals surface area contributed by atoms with Gasteiger partial charge in [-0.2, -0.15) is 5.10 Å². The molecular weight excluding hydrogens is 394 g/mol. The summed E-state index contributed by atoms with van der Waals surface area (Å²) >= 11 is 0. The van der Waals surface area contributed by atoms with Crippen LogP contribution >= 0.6 is 0 Å². The average Bonchev–Trinajstić information content (AvgIpc) is 3.31. The van der Waals surface area contributed by atoms with Crippen LogP contribution in [0.3, 0.4) is 0 Å². The van der Waals surface area contributed by atoms with E-state index in [2.05, 4.69) is 20.4 Å². The normalized spacial score (nSPS) is 12.9. The maximum atomic E-state index is 12.4. The van der Waals surface area contributed by atoms with E-state index in [1.165, 1.54) is 5.01 Å². The fourth-order valence-electron chi connectivity index (χ4n) is 3.09. The Morgan fingerprint density at radius 2 is 1.68 bits per heavy atom.